The minimum atomic E-state index is -0.949. The zero-order chi connectivity index (χ0) is 14.7. The van der Waals surface area contributed by atoms with Crippen molar-refractivity contribution in [2.75, 3.05) is 14.2 Å². The Morgan fingerprint density at radius 3 is 2.11 bits per heavy atom. The van der Waals surface area contributed by atoms with Gasteiger partial charge in [0, 0.05) is 5.56 Å². The van der Waals surface area contributed by atoms with Crippen molar-refractivity contribution in [2.24, 2.45) is 0 Å². The number of methoxy groups -OCH3 is 2. The van der Waals surface area contributed by atoms with Gasteiger partial charge in [0.2, 0.25) is 0 Å². The van der Waals surface area contributed by atoms with Crippen LogP contribution in [0.4, 0.5) is 5.69 Å². The number of aryl methyl sites for hydroxylation is 1. The summed E-state index contributed by atoms with van der Waals surface area (Å²) in [6.45, 7) is 3.11. The molecule has 0 aliphatic heterocycles. The molecule has 0 heterocycles. The molecule has 0 aliphatic carbocycles. The molecule has 0 aromatic heterocycles. The van der Waals surface area contributed by atoms with Crippen LogP contribution in [-0.4, -0.2) is 31.1 Å². The lowest BCUT2D eigenvalue weighted by atomic mass is 9.97. The van der Waals surface area contributed by atoms with Gasteiger partial charge in [0.05, 0.1) is 24.7 Å². The van der Waals surface area contributed by atoms with Gasteiger partial charge in [0.1, 0.15) is 0 Å². The summed E-state index contributed by atoms with van der Waals surface area (Å²) in [4.78, 5) is 33.8. The van der Waals surface area contributed by atoms with Crippen molar-refractivity contribution >= 4 is 17.6 Å². The Morgan fingerprint density at radius 1 is 1.16 bits per heavy atom. The molecule has 0 amide bonds. The topological polar surface area (TPSA) is 95.7 Å². The largest absolute Gasteiger partial charge is 0.465 e. The lowest BCUT2D eigenvalue weighted by molar-refractivity contribution is -0.385. The van der Waals surface area contributed by atoms with E-state index in [0.717, 1.165) is 14.2 Å². The molecule has 0 atom stereocenters. The number of nitro groups is 1. The van der Waals surface area contributed by atoms with E-state index in [1.807, 2.05) is 0 Å². The third kappa shape index (κ3) is 2.54. The van der Waals surface area contributed by atoms with E-state index in [1.54, 1.807) is 6.92 Å². The summed E-state index contributed by atoms with van der Waals surface area (Å²) in [5.41, 5.74) is -0.184. The molecule has 0 N–H and O–H groups in total. The second kappa shape index (κ2) is 5.47. The molecule has 0 spiro atoms. The van der Waals surface area contributed by atoms with Crippen molar-refractivity contribution < 1.29 is 24.0 Å². The standard InChI is InChI=1S/C12H13NO6/c1-6-5-8(11(14)18-3)9(12(15)19-4)10(7(6)2)13(16)17/h5H,1-4H3. The van der Waals surface area contributed by atoms with Gasteiger partial charge in [-0.05, 0) is 25.5 Å². The second-order valence-corrected chi connectivity index (χ2v) is 3.83. The van der Waals surface area contributed by atoms with E-state index in [9.17, 15) is 19.7 Å². The van der Waals surface area contributed by atoms with Gasteiger partial charge in [-0.2, -0.15) is 0 Å². The van der Waals surface area contributed by atoms with Crippen LogP contribution < -0.4 is 0 Å². The number of rotatable bonds is 3. The number of ether oxygens (including phenoxy) is 2. The zero-order valence-corrected chi connectivity index (χ0v) is 11.0. The van der Waals surface area contributed by atoms with Crippen LogP contribution in [-0.2, 0) is 9.47 Å². The highest BCUT2D eigenvalue weighted by molar-refractivity contribution is 6.06. The van der Waals surface area contributed by atoms with E-state index in [1.165, 1.54) is 13.0 Å². The van der Waals surface area contributed by atoms with Crippen LogP contribution in [0.3, 0.4) is 0 Å². The molecule has 0 bridgehead atoms. The lowest BCUT2D eigenvalue weighted by Gasteiger charge is -2.11. The molecule has 0 saturated heterocycles. The summed E-state index contributed by atoms with van der Waals surface area (Å²) < 4.78 is 9.04. The van der Waals surface area contributed by atoms with Crippen molar-refractivity contribution in [3.63, 3.8) is 0 Å². The van der Waals surface area contributed by atoms with E-state index >= 15 is 0 Å². The maximum absolute atomic E-state index is 11.7. The third-order valence-corrected chi connectivity index (χ3v) is 2.79. The normalized spacial score (nSPS) is 9.89. The number of benzene rings is 1. The average Bonchev–Trinajstić information content (AvgIpc) is 2.38. The molecule has 1 rings (SSSR count). The van der Waals surface area contributed by atoms with Gasteiger partial charge in [0.15, 0.2) is 5.56 Å². The number of nitrogens with zero attached hydrogens (tertiary/aromatic N) is 1. The van der Waals surface area contributed by atoms with Crippen LogP contribution in [0.15, 0.2) is 6.07 Å². The molecule has 0 aliphatic rings. The summed E-state index contributed by atoms with van der Waals surface area (Å²) in [6.07, 6.45) is 0. The van der Waals surface area contributed by atoms with Gasteiger partial charge in [-0.3, -0.25) is 10.1 Å². The molecule has 0 saturated carbocycles. The molecule has 1 aromatic rings. The van der Waals surface area contributed by atoms with Crippen molar-refractivity contribution in [3.05, 3.63) is 38.4 Å². The summed E-state index contributed by atoms with van der Waals surface area (Å²) in [5.74, 6) is -1.78. The molecule has 7 nitrogen and oxygen atoms in total. The monoisotopic (exact) mass is 267 g/mol. The van der Waals surface area contributed by atoms with Crippen LogP contribution in [0.2, 0.25) is 0 Å². The Hall–Kier alpha value is -2.44. The van der Waals surface area contributed by atoms with Gasteiger partial charge >= 0.3 is 11.9 Å². The highest BCUT2D eigenvalue weighted by Crippen LogP contribution is 2.30. The highest BCUT2D eigenvalue weighted by atomic mass is 16.6. The predicted octanol–water partition coefficient (Wildman–Crippen LogP) is 1.78. The van der Waals surface area contributed by atoms with E-state index in [4.69, 9.17) is 0 Å². The Labute approximate surface area is 109 Å². The zero-order valence-electron chi connectivity index (χ0n) is 11.0. The Kier molecular flexibility index (Phi) is 4.21. The van der Waals surface area contributed by atoms with Crippen LogP contribution >= 0.6 is 0 Å². The minimum absolute atomic E-state index is 0.177. The van der Waals surface area contributed by atoms with Gasteiger partial charge in [-0.1, -0.05) is 0 Å². The first-order valence-corrected chi connectivity index (χ1v) is 5.30. The molecular weight excluding hydrogens is 254 g/mol. The van der Waals surface area contributed by atoms with Gasteiger partial charge in [0.25, 0.3) is 5.69 Å². The Balaban J connectivity index is 3.78. The third-order valence-electron chi connectivity index (χ3n) is 2.79. The first-order chi connectivity index (χ1) is 8.84. The minimum Gasteiger partial charge on any atom is -0.465 e. The highest BCUT2D eigenvalue weighted by Gasteiger charge is 2.31. The second-order valence-electron chi connectivity index (χ2n) is 3.83. The summed E-state index contributed by atoms with van der Waals surface area (Å²) in [7, 11) is 2.22. The van der Waals surface area contributed by atoms with Crippen molar-refractivity contribution in [1.82, 2.24) is 0 Å². The Morgan fingerprint density at radius 2 is 1.68 bits per heavy atom. The lowest BCUT2D eigenvalue weighted by Crippen LogP contribution is -2.16. The fraction of sp³-hybridized carbons (Fsp3) is 0.333. The number of esters is 2. The number of carbonyl (C=O) groups excluding carboxylic acids is 2. The molecule has 0 fully saturated rings. The first kappa shape index (κ1) is 14.6. The van der Waals surface area contributed by atoms with Crippen molar-refractivity contribution in [1.29, 1.82) is 0 Å². The van der Waals surface area contributed by atoms with Crippen LogP contribution in [0.1, 0.15) is 31.8 Å². The van der Waals surface area contributed by atoms with Gasteiger partial charge in [-0.15, -0.1) is 0 Å². The maximum Gasteiger partial charge on any atom is 0.345 e. The fourth-order valence-corrected chi connectivity index (χ4v) is 1.71. The molecule has 0 unspecified atom stereocenters. The van der Waals surface area contributed by atoms with E-state index in [-0.39, 0.29) is 11.1 Å². The molecule has 7 heteroatoms. The van der Waals surface area contributed by atoms with E-state index in [0.29, 0.717) is 11.1 Å². The van der Waals surface area contributed by atoms with Crippen molar-refractivity contribution in [3.8, 4) is 0 Å². The molecule has 0 radical (unpaired) electrons. The van der Waals surface area contributed by atoms with E-state index < -0.39 is 22.5 Å². The fourth-order valence-electron chi connectivity index (χ4n) is 1.71. The van der Waals surface area contributed by atoms with Gasteiger partial charge < -0.3 is 9.47 Å². The Bertz CT molecular complexity index is 564. The smallest absolute Gasteiger partial charge is 0.345 e. The summed E-state index contributed by atoms with van der Waals surface area (Å²) >= 11 is 0. The molecule has 19 heavy (non-hydrogen) atoms. The number of hydrogen-bond acceptors (Lipinski definition) is 6. The number of nitro benzene ring substituents is 1. The van der Waals surface area contributed by atoms with Gasteiger partial charge in [-0.25, -0.2) is 9.59 Å². The quantitative estimate of drug-likeness (QED) is 0.470. The summed E-state index contributed by atoms with van der Waals surface area (Å²) in [6, 6.07) is 1.38. The van der Waals surface area contributed by atoms with Crippen LogP contribution in [0.5, 0.6) is 0 Å². The molecule has 102 valence electrons. The maximum atomic E-state index is 11.7. The SMILES string of the molecule is COC(=O)c1cc(C)c(C)c([N+](=O)[O-])c1C(=O)OC. The van der Waals surface area contributed by atoms with E-state index in [2.05, 4.69) is 9.47 Å². The predicted molar refractivity (Wildman–Crippen MR) is 65.2 cm³/mol. The van der Waals surface area contributed by atoms with Crippen LogP contribution in [0.25, 0.3) is 0 Å². The average molecular weight is 267 g/mol. The summed E-state index contributed by atoms with van der Waals surface area (Å²) in [5, 5.41) is 11.1. The number of carbonyl (C=O) groups is 2. The number of hydrogen-bond donors (Lipinski definition) is 0. The molecular formula is C12H13NO6. The van der Waals surface area contributed by atoms with Crippen molar-refractivity contribution in [2.45, 2.75) is 13.8 Å². The van der Waals surface area contributed by atoms with Crippen LogP contribution in [0, 0.1) is 24.0 Å². The molecule has 1 aromatic carbocycles. The first-order valence-electron chi connectivity index (χ1n) is 5.30.